The van der Waals surface area contributed by atoms with Crippen LogP contribution in [-0.2, 0) is 4.74 Å². The minimum Gasteiger partial charge on any atom is -0.353 e. The number of ether oxygens (including phenoxy) is 1. The number of halogens is 7. The third-order valence-corrected chi connectivity index (χ3v) is 7.46. The van der Waals surface area contributed by atoms with Gasteiger partial charge in [0.1, 0.15) is 0 Å². The molecule has 0 amide bonds. The van der Waals surface area contributed by atoms with Crippen LogP contribution < -0.4 is 0 Å². The summed E-state index contributed by atoms with van der Waals surface area (Å²) >= 11 is 0. The van der Waals surface area contributed by atoms with E-state index in [0.717, 1.165) is 24.0 Å². The summed E-state index contributed by atoms with van der Waals surface area (Å²) in [6.07, 6.45) is -11.8. The average Bonchev–Trinajstić information content (AvgIpc) is 2.88. The monoisotopic (exact) mass is 564 g/mol. The van der Waals surface area contributed by atoms with E-state index in [0.29, 0.717) is 39.0 Å². The largest absolute Gasteiger partial charge is 0.415 e. The van der Waals surface area contributed by atoms with Crippen molar-refractivity contribution >= 4 is 12.4 Å². The van der Waals surface area contributed by atoms with Crippen LogP contribution in [0.15, 0.2) is 60.7 Å². The second-order valence-corrected chi connectivity index (χ2v) is 10.2. The second kappa shape index (κ2) is 13.5. The maximum atomic E-state index is 14.0. The first-order valence-electron chi connectivity index (χ1n) is 12.9. The van der Waals surface area contributed by atoms with Crippen molar-refractivity contribution in [2.24, 2.45) is 0 Å². The van der Waals surface area contributed by atoms with Gasteiger partial charge in [-0.05, 0) is 61.7 Å². The fourth-order valence-electron chi connectivity index (χ4n) is 5.55. The molecule has 0 spiro atoms. The number of hydrogen-bond donors (Lipinski definition) is 0. The Morgan fingerprint density at radius 3 is 1.37 bits per heavy atom. The van der Waals surface area contributed by atoms with Crippen LogP contribution in [0.1, 0.15) is 48.6 Å². The van der Waals surface area contributed by atoms with Gasteiger partial charge in [0.25, 0.3) is 0 Å². The van der Waals surface area contributed by atoms with Crippen molar-refractivity contribution in [2.45, 2.75) is 62.1 Å². The van der Waals surface area contributed by atoms with Gasteiger partial charge in [-0.15, -0.1) is 12.4 Å². The first-order chi connectivity index (χ1) is 17.6. The molecule has 38 heavy (non-hydrogen) atoms. The van der Waals surface area contributed by atoms with Crippen LogP contribution in [0, 0.1) is 0 Å². The van der Waals surface area contributed by atoms with Crippen molar-refractivity contribution in [3.8, 4) is 0 Å². The quantitative estimate of drug-likeness (QED) is 0.320. The number of alkyl halides is 6. The Balaban J connectivity index is 0.00000400. The molecule has 3 nitrogen and oxygen atoms in total. The van der Waals surface area contributed by atoms with E-state index in [1.807, 2.05) is 60.7 Å². The summed E-state index contributed by atoms with van der Waals surface area (Å²) in [4.78, 5) is 3.19. The zero-order chi connectivity index (χ0) is 26.5. The lowest BCUT2D eigenvalue weighted by Gasteiger charge is -2.39. The molecule has 10 heteroatoms. The molecular weight excluding hydrogens is 530 g/mol. The smallest absolute Gasteiger partial charge is 0.353 e. The van der Waals surface area contributed by atoms with Crippen molar-refractivity contribution < 1.29 is 31.1 Å². The third kappa shape index (κ3) is 8.60. The first-order valence-corrected chi connectivity index (χ1v) is 12.9. The van der Waals surface area contributed by atoms with Gasteiger partial charge in [0.2, 0.25) is 0 Å². The van der Waals surface area contributed by atoms with Gasteiger partial charge in [0.05, 0.1) is 0 Å². The van der Waals surface area contributed by atoms with Crippen molar-refractivity contribution in [3.63, 3.8) is 0 Å². The molecule has 4 rings (SSSR count). The van der Waals surface area contributed by atoms with Gasteiger partial charge in [-0.1, -0.05) is 60.7 Å². The van der Waals surface area contributed by atoms with Crippen molar-refractivity contribution in [3.05, 3.63) is 71.8 Å². The molecule has 0 aliphatic carbocycles. The molecule has 212 valence electrons. The molecular formula is C28H35ClF6N2O. The van der Waals surface area contributed by atoms with E-state index in [-0.39, 0.29) is 24.2 Å². The molecule has 2 heterocycles. The van der Waals surface area contributed by atoms with E-state index >= 15 is 0 Å². The molecule has 2 saturated heterocycles. The molecule has 2 aromatic carbocycles. The summed E-state index contributed by atoms with van der Waals surface area (Å²) in [6.45, 7) is 0.322. The number of hydrogen-bond acceptors (Lipinski definition) is 3. The van der Waals surface area contributed by atoms with Crippen LogP contribution in [0.5, 0.6) is 0 Å². The Hall–Kier alpha value is -1.81. The lowest BCUT2D eigenvalue weighted by Crippen LogP contribution is -2.52. The van der Waals surface area contributed by atoms with Gasteiger partial charge in [-0.3, -0.25) is 9.80 Å². The molecule has 0 aromatic heterocycles. The third-order valence-electron chi connectivity index (χ3n) is 7.46. The van der Waals surface area contributed by atoms with Crippen molar-refractivity contribution in [2.75, 3.05) is 39.3 Å². The molecule has 0 saturated carbocycles. The predicted molar refractivity (Wildman–Crippen MR) is 138 cm³/mol. The van der Waals surface area contributed by atoms with E-state index in [9.17, 15) is 26.3 Å². The minimum absolute atomic E-state index is 0. The molecule has 0 N–H and O–H groups in total. The van der Waals surface area contributed by atoms with Crippen LogP contribution in [0.4, 0.5) is 26.3 Å². The minimum atomic E-state index is -4.91. The molecule has 4 unspecified atom stereocenters. The van der Waals surface area contributed by atoms with Crippen LogP contribution in [0.25, 0.3) is 0 Å². The summed E-state index contributed by atoms with van der Waals surface area (Å²) in [6, 6.07) is 19.0. The van der Waals surface area contributed by atoms with E-state index in [4.69, 9.17) is 4.74 Å². The second-order valence-electron chi connectivity index (χ2n) is 10.2. The zero-order valence-corrected chi connectivity index (χ0v) is 21.9. The fourth-order valence-corrected chi connectivity index (χ4v) is 5.55. The van der Waals surface area contributed by atoms with Crippen molar-refractivity contribution in [1.29, 1.82) is 0 Å². The molecule has 2 aliphatic heterocycles. The Morgan fingerprint density at radius 1 is 0.658 bits per heavy atom. The van der Waals surface area contributed by atoms with Crippen molar-refractivity contribution in [1.82, 2.24) is 9.80 Å². The summed E-state index contributed by atoms with van der Waals surface area (Å²) in [5.74, 6) is 0.0935. The van der Waals surface area contributed by atoms with Gasteiger partial charge < -0.3 is 4.74 Å². The highest BCUT2D eigenvalue weighted by Gasteiger charge is 2.50. The maximum Gasteiger partial charge on any atom is 0.415 e. The maximum absolute atomic E-state index is 14.0. The van der Waals surface area contributed by atoms with Gasteiger partial charge in [0.15, 0.2) is 12.2 Å². The highest BCUT2D eigenvalue weighted by atomic mass is 35.5. The summed E-state index contributed by atoms with van der Waals surface area (Å²) < 4.78 is 88.8. The number of benzene rings is 2. The lowest BCUT2D eigenvalue weighted by atomic mass is 9.90. The van der Waals surface area contributed by atoms with Gasteiger partial charge >= 0.3 is 12.4 Å². The topological polar surface area (TPSA) is 15.7 Å². The number of rotatable bonds is 8. The van der Waals surface area contributed by atoms with Gasteiger partial charge in [-0.25, -0.2) is 0 Å². The van der Waals surface area contributed by atoms with Gasteiger partial charge in [0, 0.05) is 26.2 Å². The summed E-state index contributed by atoms with van der Waals surface area (Å²) in [5.41, 5.74) is 2.06. The molecule has 2 aliphatic rings. The highest BCUT2D eigenvalue weighted by molar-refractivity contribution is 5.85. The highest BCUT2D eigenvalue weighted by Crippen LogP contribution is 2.34. The van der Waals surface area contributed by atoms with Crippen LogP contribution in [-0.4, -0.2) is 73.6 Å². The summed E-state index contributed by atoms with van der Waals surface area (Å²) in [7, 11) is 0. The van der Waals surface area contributed by atoms with E-state index in [1.165, 1.54) is 0 Å². The molecule has 0 radical (unpaired) electrons. The SMILES string of the molecule is Cl.FC(F)(F)C(CN1CCCC(c2ccccc2)C1)OC(CN1CCCC(c2ccccc2)C1)C(F)(F)F. The first kappa shape index (κ1) is 30.7. The van der Waals surface area contributed by atoms with Crippen LogP contribution in [0.3, 0.4) is 0 Å². The predicted octanol–water partition coefficient (Wildman–Crippen LogP) is 7.05. The average molecular weight is 565 g/mol. The molecule has 2 aromatic rings. The number of nitrogens with zero attached hydrogens (tertiary/aromatic N) is 2. The molecule has 2 fully saturated rings. The van der Waals surface area contributed by atoms with E-state index < -0.39 is 37.7 Å². The van der Waals surface area contributed by atoms with Crippen LogP contribution >= 0.6 is 12.4 Å². The Kier molecular flexibility index (Phi) is 10.9. The standard InChI is InChI=1S/C28H34F6N2O.ClH/c29-27(30,31)25(19-35-15-7-13-23(17-35)21-9-3-1-4-10-21)37-26(28(32,33)34)20-36-16-8-14-24(18-36)22-11-5-2-6-12-22;/h1-6,9-12,23-26H,7-8,13-20H2;1H. The summed E-state index contributed by atoms with van der Waals surface area (Å²) in [5, 5.41) is 0. The van der Waals surface area contributed by atoms with Crippen LogP contribution in [0.2, 0.25) is 0 Å². The number of likely N-dealkylation sites (tertiary alicyclic amines) is 2. The lowest BCUT2D eigenvalue weighted by molar-refractivity contribution is -0.290. The zero-order valence-electron chi connectivity index (χ0n) is 21.1. The molecule has 0 bridgehead atoms. The fraction of sp³-hybridized carbons (Fsp3) is 0.571. The Bertz CT molecular complexity index is 882. The number of piperidine rings is 2. The molecule has 4 atom stereocenters. The Morgan fingerprint density at radius 2 is 1.03 bits per heavy atom. The van der Waals surface area contributed by atoms with Gasteiger partial charge in [-0.2, -0.15) is 26.3 Å². The Labute approximate surface area is 226 Å². The van der Waals surface area contributed by atoms with E-state index in [1.54, 1.807) is 9.80 Å². The normalized spacial score (nSPS) is 23.4. The van der Waals surface area contributed by atoms with E-state index in [2.05, 4.69) is 0 Å².